The van der Waals surface area contributed by atoms with Gasteiger partial charge in [0.05, 0.1) is 5.92 Å². The molecule has 5 nitrogen and oxygen atoms in total. The van der Waals surface area contributed by atoms with Crippen molar-refractivity contribution in [2.24, 2.45) is 17.8 Å². The number of carbonyl (C=O) groups excluding carboxylic acids is 1. The Bertz CT molecular complexity index is 384. The fourth-order valence-electron chi connectivity index (χ4n) is 3.67. The van der Waals surface area contributed by atoms with Gasteiger partial charge in [-0.15, -0.1) is 0 Å². The summed E-state index contributed by atoms with van der Waals surface area (Å²) in [7, 11) is 0. The van der Waals surface area contributed by atoms with E-state index in [1.807, 2.05) is 4.90 Å². The summed E-state index contributed by atoms with van der Waals surface area (Å²) < 4.78 is 0. The quantitative estimate of drug-likeness (QED) is 0.841. The van der Waals surface area contributed by atoms with E-state index in [2.05, 4.69) is 19.2 Å². The molecule has 120 valence electrons. The number of hydrogen-bond donors (Lipinski definition) is 2. The zero-order valence-corrected chi connectivity index (χ0v) is 13.2. The number of hydrogen-bond acceptors (Lipinski definition) is 2. The van der Waals surface area contributed by atoms with Gasteiger partial charge in [0.15, 0.2) is 0 Å². The Balaban J connectivity index is 1.87. The van der Waals surface area contributed by atoms with Crippen molar-refractivity contribution in [1.82, 2.24) is 10.2 Å². The Morgan fingerprint density at radius 1 is 1.10 bits per heavy atom. The van der Waals surface area contributed by atoms with Crippen molar-refractivity contribution in [3.63, 3.8) is 0 Å². The molecule has 0 radical (unpaired) electrons. The van der Waals surface area contributed by atoms with Crippen LogP contribution in [0, 0.1) is 17.8 Å². The number of aliphatic carboxylic acids is 1. The average molecular weight is 296 g/mol. The molecule has 2 rings (SSSR count). The van der Waals surface area contributed by atoms with Crippen molar-refractivity contribution in [3.05, 3.63) is 0 Å². The molecule has 3 unspecified atom stereocenters. The normalized spacial score (nSPS) is 30.2. The van der Waals surface area contributed by atoms with Gasteiger partial charge in [0.1, 0.15) is 0 Å². The van der Waals surface area contributed by atoms with E-state index in [-0.39, 0.29) is 12.1 Å². The number of likely N-dealkylation sites (tertiary alicyclic amines) is 1. The Kier molecular flexibility index (Phi) is 5.48. The summed E-state index contributed by atoms with van der Waals surface area (Å²) in [6, 6.07) is -0.267. The topological polar surface area (TPSA) is 69.6 Å². The van der Waals surface area contributed by atoms with Crippen molar-refractivity contribution in [1.29, 1.82) is 0 Å². The molecule has 2 amide bonds. The molecule has 0 spiro atoms. The standard InChI is InChI=1S/C16H28N2O3/c1-11(2)12-5-4-9-18(10-8-12)16(21)17-14-7-3-6-13(14)15(19)20/h11-14H,3-10H2,1-2H3,(H,17,21)(H,19,20). The fourth-order valence-corrected chi connectivity index (χ4v) is 3.67. The largest absolute Gasteiger partial charge is 0.481 e. The van der Waals surface area contributed by atoms with Gasteiger partial charge in [-0.2, -0.15) is 0 Å². The van der Waals surface area contributed by atoms with Crippen LogP contribution in [-0.4, -0.2) is 41.1 Å². The fraction of sp³-hybridized carbons (Fsp3) is 0.875. The lowest BCUT2D eigenvalue weighted by molar-refractivity contribution is -0.142. The summed E-state index contributed by atoms with van der Waals surface area (Å²) in [4.78, 5) is 25.4. The van der Waals surface area contributed by atoms with Crippen LogP contribution in [-0.2, 0) is 4.79 Å². The second-order valence-corrected chi connectivity index (χ2v) is 6.85. The number of nitrogens with zero attached hydrogens (tertiary/aromatic N) is 1. The summed E-state index contributed by atoms with van der Waals surface area (Å²) in [5.74, 6) is 0.165. The molecular formula is C16H28N2O3. The monoisotopic (exact) mass is 296 g/mol. The van der Waals surface area contributed by atoms with Gasteiger partial charge in [-0.1, -0.05) is 20.3 Å². The molecule has 0 bridgehead atoms. The van der Waals surface area contributed by atoms with Gasteiger partial charge in [0.2, 0.25) is 0 Å². The Morgan fingerprint density at radius 3 is 2.52 bits per heavy atom. The van der Waals surface area contributed by atoms with Gasteiger partial charge in [-0.3, -0.25) is 4.79 Å². The van der Waals surface area contributed by atoms with Crippen LogP contribution in [0.25, 0.3) is 0 Å². The first-order valence-corrected chi connectivity index (χ1v) is 8.27. The third-order valence-electron chi connectivity index (χ3n) is 5.14. The molecule has 5 heteroatoms. The Morgan fingerprint density at radius 2 is 1.86 bits per heavy atom. The molecule has 0 aromatic heterocycles. The van der Waals surface area contributed by atoms with Gasteiger partial charge in [-0.05, 0) is 43.9 Å². The van der Waals surface area contributed by atoms with Gasteiger partial charge in [0.25, 0.3) is 0 Å². The zero-order chi connectivity index (χ0) is 15.4. The van der Waals surface area contributed by atoms with Gasteiger partial charge in [0, 0.05) is 19.1 Å². The Hall–Kier alpha value is -1.26. The van der Waals surface area contributed by atoms with E-state index in [9.17, 15) is 14.7 Å². The van der Waals surface area contributed by atoms with E-state index < -0.39 is 11.9 Å². The van der Waals surface area contributed by atoms with Crippen molar-refractivity contribution in [3.8, 4) is 0 Å². The summed E-state index contributed by atoms with van der Waals surface area (Å²) in [6.45, 7) is 6.07. The predicted octanol–water partition coefficient (Wildman–Crippen LogP) is 2.71. The SMILES string of the molecule is CC(C)C1CCCN(C(=O)NC2CCCC2C(=O)O)CC1. The highest BCUT2D eigenvalue weighted by molar-refractivity contribution is 5.77. The molecule has 0 aromatic carbocycles. The minimum Gasteiger partial charge on any atom is -0.481 e. The van der Waals surface area contributed by atoms with Crippen molar-refractivity contribution >= 4 is 12.0 Å². The van der Waals surface area contributed by atoms with E-state index >= 15 is 0 Å². The number of amides is 2. The molecule has 1 saturated heterocycles. The highest BCUT2D eigenvalue weighted by atomic mass is 16.4. The van der Waals surface area contributed by atoms with Crippen LogP contribution in [0.4, 0.5) is 4.79 Å². The molecule has 0 aromatic rings. The average Bonchev–Trinajstić information content (AvgIpc) is 2.73. The second-order valence-electron chi connectivity index (χ2n) is 6.85. The van der Waals surface area contributed by atoms with Gasteiger partial charge in [-0.25, -0.2) is 4.79 Å². The number of carboxylic acid groups (broad SMARTS) is 1. The molecule has 1 heterocycles. The zero-order valence-electron chi connectivity index (χ0n) is 13.2. The summed E-state index contributed by atoms with van der Waals surface area (Å²) in [5, 5.41) is 12.1. The van der Waals surface area contributed by atoms with Crippen LogP contribution in [0.5, 0.6) is 0 Å². The van der Waals surface area contributed by atoms with E-state index in [4.69, 9.17) is 0 Å². The lowest BCUT2D eigenvalue weighted by atomic mass is 9.89. The summed E-state index contributed by atoms with van der Waals surface area (Å²) in [6.07, 6.45) is 5.63. The molecule has 21 heavy (non-hydrogen) atoms. The van der Waals surface area contributed by atoms with Crippen molar-refractivity contribution < 1.29 is 14.7 Å². The van der Waals surface area contributed by atoms with Crippen LogP contribution >= 0.6 is 0 Å². The first-order chi connectivity index (χ1) is 9.99. The lowest BCUT2D eigenvalue weighted by Gasteiger charge is -2.25. The van der Waals surface area contributed by atoms with E-state index in [1.54, 1.807) is 0 Å². The number of nitrogens with one attached hydrogen (secondary N) is 1. The molecule has 1 aliphatic carbocycles. The predicted molar refractivity (Wildman–Crippen MR) is 81.0 cm³/mol. The molecule has 1 saturated carbocycles. The Labute approximate surface area is 127 Å². The first kappa shape index (κ1) is 16.1. The van der Waals surface area contributed by atoms with Gasteiger partial charge >= 0.3 is 12.0 Å². The first-order valence-electron chi connectivity index (χ1n) is 8.27. The molecule has 2 N–H and O–H groups in total. The smallest absolute Gasteiger partial charge is 0.317 e. The van der Waals surface area contributed by atoms with E-state index in [1.165, 1.54) is 6.42 Å². The molecule has 2 fully saturated rings. The number of urea groups is 1. The molecular weight excluding hydrogens is 268 g/mol. The van der Waals surface area contributed by atoms with Gasteiger partial charge < -0.3 is 15.3 Å². The van der Waals surface area contributed by atoms with Crippen molar-refractivity contribution in [2.75, 3.05) is 13.1 Å². The minimum atomic E-state index is -0.784. The number of carboxylic acids is 1. The van der Waals surface area contributed by atoms with Crippen LogP contribution in [0.3, 0.4) is 0 Å². The van der Waals surface area contributed by atoms with Crippen LogP contribution in [0.15, 0.2) is 0 Å². The maximum Gasteiger partial charge on any atom is 0.317 e. The number of rotatable bonds is 3. The molecule has 3 atom stereocenters. The number of carbonyl (C=O) groups is 2. The molecule has 1 aliphatic heterocycles. The van der Waals surface area contributed by atoms with Crippen molar-refractivity contribution in [2.45, 2.75) is 58.4 Å². The summed E-state index contributed by atoms with van der Waals surface area (Å²) >= 11 is 0. The summed E-state index contributed by atoms with van der Waals surface area (Å²) in [5.41, 5.74) is 0. The van der Waals surface area contributed by atoms with Crippen LogP contribution in [0.1, 0.15) is 52.4 Å². The van der Waals surface area contributed by atoms with E-state index in [0.29, 0.717) is 18.3 Å². The molecule has 2 aliphatic rings. The maximum absolute atomic E-state index is 12.4. The third kappa shape index (κ3) is 4.11. The highest BCUT2D eigenvalue weighted by Gasteiger charge is 2.35. The van der Waals surface area contributed by atoms with E-state index in [0.717, 1.165) is 38.8 Å². The third-order valence-corrected chi connectivity index (χ3v) is 5.14. The van der Waals surface area contributed by atoms with Crippen LogP contribution in [0.2, 0.25) is 0 Å². The second kappa shape index (κ2) is 7.14. The van der Waals surface area contributed by atoms with Crippen LogP contribution < -0.4 is 5.32 Å². The minimum absolute atomic E-state index is 0.0717. The maximum atomic E-state index is 12.4. The lowest BCUT2D eigenvalue weighted by Crippen LogP contribution is -2.47. The highest BCUT2D eigenvalue weighted by Crippen LogP contribution is 2.27.